The van der Waals surface area contributed by atoms with Crippen molar-refractivity contribution in [1.82, 2.24) is 10.7 Å². The van der Waals surface area contributed by atoms with Crippen molar-refractivity contribution in [3.8, 4) is 0 Å². The van der Waals surface area contributed by atoms with Gasteiger partial charge in [0.1, 0.15) is 0 Å². The quantitative estimate of drug-likeness (QED) is 0.647. The third kappa shape index (κ3) is 4.93. The second-order valence-electron chi connectivity index (χ2n) is 5.30. The van der Waals surface area contributed by atoms with Crippen LogP contribution < -0.4 is 10.7 Å². The van der Waals surface area contributed by atoms with E-state index in [2.05, 4.69) is 15.8 Å². The molecule has 2 N–H and O–H groups in total. The third-order valence-corrected chi connectivity index (χ3v) is 3.82. The molecule has 2 aromatic carbocycles. The van der Waals surface area contributed by atoms with Gasteiger partial charge in [-0.25, -0.2) is 5.43 Å². The molecular formula is C18H18ClN3O2. The summed E-state index contributed by atoms with van der Waals surface area (Å²) in [7, 11) is 0. The number of carbonyl (C=O) groups excluding carboxylic acids is 2. The van der Waals surface area contributed by atoms with E-state index in [4.69, 9.17) is 11.6 Å². The number of hydrazone groups is 1. The average molecular weight is 344 g/mol. The monoisotopic (exact) mass is 343 g/mol. The fraction of sp³-hybridized carbons (Fsp3) is 0.167. The van der Waals surface area contributed by atoms with E-state index < -0.39 is 5.91 Å². The Morgan fingerprint density at radius 2 is 1.88 bits per heavy atom. The summed E-state index contributed by atoms with van der Waals surface area (Å²) in [5.41, 5.74) is 5.69. The highest BCUT2D eigenvalue weighted by atomic mass is 35.5. The lowest BCUT2D eigenvalue weighted by Gasteiger charge is -2.06. The van der Waals surface area contributed by atoms with Crippen molar-refractivity contribution in [1.29, 1.82) is 0 Å². The highest BCUT2D eigenvalue weighted by Gasteiger charge is 2.08. The molecule has 0 bridgehead atoms. The molecule has 0 saturated carbocycles. The molecule has 5 nitrogen and oxygen atoms in total. The topological polar surface area (TPSA) is 70.6 Å². The van der Waals surface area contributed by atoms with Gasteiger partial charge in [0.05, 0.1) is 12.8 Å². The average Bonchev–Trinajstić information content (AvgIpc) is 2.57. The first-order valence-corrected chi connectivity index (χ1v) is 7.77. The molecule has 2 aromatic rings. The maximum absolute atomic E-state index is 12.0. The number of benzene rings is 2. The molecule has 0 aliphatic heterocycles. The number of carbonyl (C=O) groups is 2. The Bertz CT molecular complexity index is 788. The van der Waals surface area contributed by atoms with E-state index >= 15 is 0 Å². The van der Waals surface area contributed by atoms with E-state index in [1.54, 1.807) is 30.3 Å². The Morgan fingerprint density at radius 3 is 2.58 bits per heavy atom. The second kappa shape index (κ2) is 8.26. The number of nitrogens with zero attached hydrogens (tertiary/aromatic N) is 1. The zero-order valence-electron chi connectivity index (χ0n) is 13.5. The Balaban J connectivity index is 1.83. The second-order valence-corrected chi connectivity index (χ2v) is 5.70. The molecule has 0 unspecified atom stereocenters. The number of rotatable bonds is 5. The van der Waals surface area contributed by atoms with Gasteiger partial charge in [0, 0.05) is 16.1 Å². The molecule has 124 valence electrons. The van der Waals surface area contributed by atoms with Crippen molar-refractivity contribution in [3.05, 3.63) is 69.7 Å². The molecule has 0 spiro atoms. The van der Waals surface area contributed by atoms with Crippen LogP contribution in [0.3, 0.4) is 0 Å². The lowest BCUT2D eigenvalue weighted by Crippen LogP contribution is -2.34. The van der Waals surface area contributed by atoms with E-state index in [1.807, 2.05) is 26.0 Å². The van der Waals surface area contributed by atoms with Crippen molar-refractivity contribution < 1.29 is 9.59 Å². The predicted octanol–water partition coefficient (Wildman–Crippen LogP) is 2.84. The molecule has 0 aromatic heterocycles. The minimum Gasteiger partial charge on any atom is -0.343 e. The lowest BCUT2D eigenvalue weighted by molar-refractivity contribution is -0.120. The number of hydrogen-bond donors (Lipinski definition) is 2. The van der Waals surface area contributed by atoms with Crippen LogP contribution in [0.2, 0.25) is 5.02 Å². The first-order chi connectivity index (χ1) is 11.5. The summed E-state index contributed by atoms with van der Waals surface area (Å²) in [6, 6.07) is 12.5. The molecule has 6 heteroatoms. The SMILES string of the molecule is Cc1ccc(C(=O)NCC(=O)N/N=C\c2ccccc2Cl)cc1C. The minimum absolute atomic E-state index is 0.161. The van der Waals surface area contributed by atoms with Gasteiger partial charge in [-0.1, -0.05) is 35.9 Å². The van der Waals surface area contributed by atoms with Crippen LogP contribution >= 0.6 is 11.6 Å². The van der Waals surface area contributed by atoms with Gasteiger partial charge >= 0.3 is 0 Å². The first kappa shape index (κ1) is 17.7. The van der Waals surface area contributed by atoms with Crippen LogP contribution in [0.25, 0.3) is 0 Å². The van der Waals surface area contributed by atoms with Crippen LogP contribution in [0.5, 0.6) is 0 Å². The molecular weight excluding hydrogens is 326 g/mol. The van der Waals surface area contributed by atoms with Gasteiger partial charge in [-0.2, -0.15) is 5.10 Å². The zero-order valence-corrected chi connectivity index (χ0v) is 14.2. The Morgan fingerprint density at radius 1 is 1.12 bits per heavy atom. The predicted molar refractivity (Wildman–Crippen MR) is 95.4 cm³/mol. The number of hydrogen-bond acceptors (Lipinski definition) is 3. The summed E-state index contributed by atoms with van der Waals surface area (Å²) in [6.45, 7) is 3.75. The minimum atomic E-state index is -0.421. The van der Waals surface area contributed by atoms with E-state index in [0.29, 0.717) is 16.1 Å². The Labute approximate surface area is 145 Å². The highest BCUT2D eigenvalue weighted by molar-refractivity contribution is 6.33. The molecule has 0 aliphatic rings. The molecule has 0 fully saturated rings. The molecule has 24 heavy (non-hydrogen) atoms. The van der Waals surface area contributed by atoms with Crippen molar-refractivity contribution >= 4 is 29.6 Å². The fourth-order valence-electron chi connectivity index (χ4n) is 1.94. The first-order valence-electron chi connectivity index (χ1n) is 7.39. The number of amides is 2. The number of aryl methyl sites for hydroxylation is 2. The van der Waals surface area contributed by atoms with Crippen molar-refractivity contribution in [3.63, 3.8) is 0 Å². The van der Waals surface area contributed by atoms with Gasteiger partial charge in [-0.3, -0.25) is 9.59 Å². The highest BCUT2D eigenvalue weighted by Crippen LogP contribution is 2.12. The molecule has 0 atom stereocenters. The van der Waals surface area contributed by atoms with Crippen molar-refractivity contribution in [2.45, 2.75) is 13.8 Å². The van der Waals surface area contributed by atoms with Crippen LogP contribution in [0, 0.1) is 13.8 Å². The fourth-order valence-corrected chi connectivity index (χ4v) is 2.12. The van der Waals surface area contributed by atoms with E-state index in [-0.39, 0.29) is 12.5 Å². The Hall–Kier alpha value is -2.66. The van der Waals surface area contributed by atoms with Gasteiger partial charge in [-0.15, -0.1) is 0 Å². The van der Waals surface area contributed by atoms with E-state index in [1.165, 1.54) is 6.21 Å². The van der Waals surface area contributed by atoms with Crippen LogP contribution in [0.1, 0.15) is 27.0 Å². The zero-order chi connectivity index (χ0) is 17.5. The normalized spacial score (nSPS) is 10.6. The summed E-state index contributed by atoms with van der Waals surface area (Å²) in [5, 5.41) is 6.91. The van der Waals surface area contributed by atoms with Crippen LogP contribution in [-0.4, -0.2) is 24.6 Å². The largest absolute Gasteiger partial charge is 0.343 e. The maximum atomic E-state index is 12.0. The summed E-state index contributed by atoms with van der Waals surface area (Å²) in [6.07, 6.45) is 1.45. The van der Waals surface area contributed by atoms with Crippen molar-refractivity contribution in [2.24, 2.45) is 5.10 Å². The van der Waals surface area contributed by atoms with Gasteiger partial charge in [0.25, 0.3) is 11.8 Å². The number of halogens is 1. The maximum Gasteiger partial charge on any atom is 0.259 e. The lowest BCUT2D eigenvalue weighted by atomic mass is 10.1. The number of nitrogens with one attached hydrogen (secondary N) is 2. The van der Waals surface area contributed by atoms with Gasteiger partial charge in [0.2, 0.25) is 0 Å². The van der Waals surface area contributed by atoms with Gasteiger partial charge in [-0.05, 0) is 43.2 Å². The van der Waals surface area contributed by atoms with Crippen LogP contribution in [0.15, 0.2) is 47.6 Å². The summed E-state index contributed by atoms with van der Waals surface area (Å²) < 4.78 is 0. The molecule has 0 heterocycles. The van der Waals surface area contributed by atoms with E-state index in [0.717, 1.165) is 11.1 Å². The Kier molecular flexibility index (Phi) is 6.09. The van der Waals surface area contributed by atoms with E-state index in [9.17, 15) is 9.59 Å². The molecule has 0 radical (unpaired) electrons. The smallest absolute Gasteiger partial charge is 0.259 e. The molecule has 0 aliphatic carbocycles. The summed E-state index contributed by atoms with van der Waals surface area (Å²) in [4.78, 5) is 23.7. The molecule has 0 saturated heterocycles. The molecule has 2 rings (SSSR count). The van der Waals surface area contributed by atoms with Gasteiger partial charge < -0.3 is 5.32 Å². The third-order valence-electron chi connectivity index (χ3n) is 3.48. The summed E-state index contributed by atoms with van der Waals surface area (Å²) in [5.74, 6) is -0.723. The summed E-state index contributed by atoms with van der Waals surface area (Å²) >= 11 is 5.97. The van der Waals surface area contributed by atoms with Gasteiger partial charge in [0.15, 0.2) is 0 Å². The van der Waals surface area contributed by atoms with Crippen LogP contribution in [0.4, 0.5) is 0 Å². The van der Waals surface area contributed by atoms with Crippen molar-refractivity contribution in [2.75, 3.05) is 6.54 Å². The van der Waals surface area contributed by atoms with Crippen LogP contribution in [-0.2, 0) is 4.79 Å². The molecule has 2 amide bonds. The standard InChI is InChI=1S/C18H18ClN3O2/c1-12-7-8-14(9-13(12)2)18(24)20-11-17(23)22-21-10-15-5-3-4-6-16(15)19/h3-10H,11H2,1-2H3,(H,20,24)(H,22,23)/b21-10-.